The van der Waals surface area contributed by atoms with E-state index in [4.69, 9.17) is 21.9 Å². The molecule has 2 bridgehead atoms. The number of amidine groups is 1. The van der Waals surface area contributed by atoms with Crippen molar-refractivity contribution in [3.8, 4) is 23.0 Å². The third-order valence-corrected chi connectivity index (χ3v) is 7.90. The average molecular weight is 524 g/mol. The van der Waals surface area contributed by atoms with Crippen LogP contribution < -0.4 is 11.5 Å². The SMILES string of the molecule is CC(=O)c1c(C2CC3CCC(C2)N3C(=O)C(N)=NC=N)nc2c(-c3ccc(C#CC4CC4)nc3)cnn2c1N. The zero-order valence-corrected chi connectivity index (χ0v) is 21.6. The first-order valence-corrected chi connectivity index (χ1v) is 13.2. The Morgan fingerprint density at radius 2 is 1.90 bits per heavy atom. The maximum atomic E-state index is 12.9. The monoisotopic (exact) mass is 523 g/mol. The number of amides is 1. The number of hydrogen-bond acceptors (Lipinski definition) is 7. The Hall–Kier alpha value is -4.59. The number of anilines is 1. The highest BCUT2D eigenvalue weighted by Gasteiger charge is 2.45. The molecule has 39 heavy (non-hydrogen) atoms. The van der Waals surface area contributed by atoms with Gasteiger partial charge in [-0.2, -0.15) is 9.61 Å². The number of nitrogen functional groups attached to an aromatic ring is 1. The molecule has 3 aromatic rings. The second kappa shape index (κ2) is 9.62. The molecule has 0 radical (unpaired) electrons. The molecule has 2 atom stereocenters. The number of aliphatic imine (C=N–C) groups is 1. The van der Waals surface area contributed by atoms with Gasteiger partial charge in [-0.25, -0.2) is 15.0 Å². The lowest BCUT2D eigenvalue weighted by molar-refractivity contribution is -0.128. The van der Waals surface area contributed by atoms with E-state index >= 15 is 0 Å². The van der Waals surface area contributed by atoms with Crippen LogP contribution in [0.1, 0.15) is 73.1 Å². The lowest BCUT2D eigenvalue weighted by atomic mass is 9.85. The number of carbonyl (C=O) groups is 2. The maximum absolute atomic E-state index is 12.9. The Bertz CT molecular complexity index is 1580. The van der Waals surface area contributed by atoms with Crippen LogP contribution in [0.25, 0.3) is 16.8 Å². The van der Waals surface area contributed by atoms with Gasteiger partial charge < -0.3 is 16.4 Å². The fourth-order valence-electron chi connectivity index (χ4n) is 5.91. The van der Waals surface area contributed by atoms with Gasteiger partial charge in [0, 0.05) is 41.2 Å². The van der Waals surface area contributed by atoms with E-state index in [0.717, 1.165) is 48.8 Å². The van der Waals surface area contributed by atoms with Gasteiger partial charge in [-0.3, -0.25) is 15.0 Å². The molecule has 2 unspecified atom stereocenters. The Morgan fingerprint density at radius 1 is 1.15 bits per heavy atom. The van der Waals surface area contributed by atoms with Crippen molar-refractivity contribution >= 4 is 35.3 Å². The van der Waals surface area contributed by atoms with Gasteiger partial charge in [-0.05, 0) is 63.5 Å². The molecule has 1 aliphatic carbocycles. The fraction of sp³-hybridized carbons (Fsp3) is 0.393. The van der Waals surface area contributed by atoms with Crippen molar-refractivity contribution in [2.45, 2.75) is 63.5 Å². The number of nitrogens with one attached hydrogen (secondary N) is 1. The highest BCUT2D eigenvalue weighted by Crippen LogP contribution is 2.44. The first kappa shape index (κ1) is 24.7. The topological polar surface area (TPSA) is 169 Å². The van der Waals surface area contributed by atoms with Gasteiger partial charge in [-0.15, -0.1) is 0 Å². The van der Waals surface area contributed by atoms with Gasteiger partial charge in [0.15, 0.2) is 17.3 Å². The van der Waals surface area contributed by atoms with Crippen molar-refractivity contribution in [3.63, 3.8) is 0 Å². The summed E-state index contributed by atoms with van der Waals surface area (Å²) in [5, 5.41) is 11.6. The largest absolute Gasteiger partial charge is 0.383 e. The standard InChI is InChI=1S/C28H29N9O2/c1-15(38)23-24(18-10-20-8-9-21(11-18)36(20)28(39)25(30)33-14-29)35-27-22(13-34-37(27)26(23)31)17-5-7-19(32-12-17)6-4-16-2-3-16/h5,7,12-14,16,18,20-21H,2-3,8-11,31H2,1H3,(H3,29,30,33). The molecule has 1 amide bonds. The van der Waals surface area contributed by atoms with E-state index < -0.39 is 0 Å². The van der Waals surface area contributed by atoms with Gasteiger partial charge in [0.05, 0.1) is 17.5 Å². The van der Waals surface area contributed by atoms with Crippen LogP contribution in [0.2, 0.25) is 0 Å². The number of fused-ring (bicyclic) bond motifs is 3. The first-order valence-electron chi connectivity index (χ1n) is 13.2. The van der Waals surface area contributed by atoms with Crippen molar-refractivity contribution in [3.05, 3.63) is 41.5 Å². The summed E-state index contributed by atoms with van der Waals surface area (Å²) in [6, 6.07) is 3.72. The van der Waals surface area contributed by atoms with Gasteiger partial charge in [0.1, 0.15) is 17.9 Å². The number of piperidine rings is 1. The molecule has 2 aliphatic heterocycles. The molecule has 3 aliphatic rings. The molecular weight excluding hydrogens is 494 g/mol. The van der Waals surface area contributed by atoms with Crippen molar-refractivity contribution in [1.82, 2.24) is 24.5 Å². The maximum Gasteiger partial charge on any atom is 0.289 e. The van der Waals surface area contributed by atoms with Gasteiger partial charge in [0.25, 0.3) is 5.91 Å². The molecule has 2 saturated heterocycles. The minimum Gasteiger partial charge on any atom is -0.383 e. The van der Waals surface area contributed by atoms with Crippen molar-refractivity contribution < 1.29 is 9.59 Å². The van der Waals surface area contributed by atoms with Crippen molar-refractivity contribution in [1.29, 1.82) is 5.41 Å². The van der Waals surface area contributed by atoms with Crippen LogP contribution in [0.3, 0.4) is 0 Å². The second-order valence-electron chi connectivity index (χ2n) is 10.5. The molecule has 11 heteroatoms. The summed E-state index contributed by atoms with van der Waals surface area (Å²) in [6.45, 7) is 1.49. The molecule has 11 nitrogen and oxygen atoms in total. The summed E-state index contributed by atoms with van der Waals surface area (Å²) in [5.41, 5.74) is 16.2. The summed E-state index contributed by atoms with van der Waals surface area (Å²) >= 11 is 0. The zero-order valence-electron chi connectivity index (χ0n) is 21.6. The molecule has 0 spiro atoms. The molecule has 198 valence electrons. The molecule has 3 fully saturated rings. The number of nitrogens with zero attached hydrogens (tertiary/aromatic N) is 6. The van der Waals surface area contributed by atoms with E-state index in [1.807, 2.05) is 12.1 Å². The zero-order chi connectivity index (χ0) is 27.3. The highest BCUT2D eigenvalue weighted by atomic mass is 16.2. The van der Waals surface area contributed by atoms with Gasteiger partial charge >= 0.3 is 0 Å². The van der Waals surface area contributed by atoms with E-state index in [1.54, 1.807) is 17.3 Å². The number of pyridine rings is 1. The third kappa shape index (κ3) is 4.41. The van der Waals surface area contributed by atoms with Crippen molar-refractivity contribution in [2.75, 3.05) is 5.73 Å². The lowest BCUT2D eigenvalue weighted by Gasteiger charge is -2.39. The second-order valence-corrected chi connectivity index (χ2v) is 10.5. The van der Waals surface area contributed by atoms with Gasteiger partial charge in [0.2, 0.25) is 0 Å². The predicted molar refractivity (Wildman–Crippen MR) is 146 cm³/mol. The number of aromatic nitrogens is 4. The highest BCUT2D eigenvalue weighted by molar-refractivity contribution is 6.38. The number of Topliss-reactive ketones (excluding diaryl/α,β-unsaturated/α-hetero) is 1. The molecular formula is C28H29N9O2. The molecule has 5 N–H and O–H groups in total. The smallest absolute Gasteiger partial charge is 0.289 e. The molecule has 3 aromatic heterocycles. The Morgan fingerprint density at radius 3 is 2.51 bits per heavy atom. The number of carbonyl (C=O) groups excluding carboxylic acids is 2. The van der Waals surface area contributed by atoms with Crippen LogP contribution in [0, 0.1) is 23.2 Å². The van der Waals surface area contributed by atoms with E-state index in [1.165, 1.54) is 11.4 Å². The van der Waals surface area contributed by atoms with E-state index in [2.05, 4.69) is 26.9 Å². The lowest BCUT2D eigenvalue weighted by Crippen LogP contribution is -2.50. The summed E-state index contributed by atoms with van der Waals surface area (Å²) in [4.78, 5) is 40.7. The minimum atomic E-state index is -0.352. The van der Waals surface area contributed by atoms with E-state index in [-0.39, 0.29) is 41.3 Å². The Balaban J connectivity index is 1.36. The number of hydrogen-bond donors (Lipinski definition) is 3. The number of ketones is 1. The van der Waals surface area contributed by atoms with E-state index in [0.29, 0.717) is 35.7 Å². The quantitative estimate of drug-likeness (QED) is 0.204. The molecule has 1 saturated carbocycles. The summed E-state index contributed by atoms with van der Waals surface area (Å²) in [6.07, 6.45) is 9.46. The first-order chi connectivity index (χ1) is 18.9. The van der Waals surface area contributed by atoms with Crippen LogP contribution in [-0.4, -0.2) is 60.4 Å². The van der Waals surface area contributed by atoms with Crippen molar-refractivity contribution in [2.24, 2.45) is 16.6 Å². The minimum absolute atomic E-state index is 0.0577. The molecule has 5 heterocycles. The summed E-state index contributed by atoms with van der Waals surface area (Å²) in [7, 11) is 0. The van der Waals surface area contributed by atoms with E-state index in [9.17, 15) is 9.59 Å². The van der Waals surface area contributed by atoms with Crippen LogP contribution >= 0.6 is 0 Å². The van der Waals surface area contributed by atoms with Crippen LogP contribution in [0.4, 0.5) is 5.82 Å². The van der Waals surface area contributed by atoms with Gasteiger partial charge in [-0.1, -0.05) is 5.92 Å². The predicted octanol–water partition coefficient (Wildman–Crippen LogP) is 2.54. The van der Waals surface area contributed by atoms with Crippen LogP contribution in [0.5, 0.6) is 0 Å². The third-order valence-electron chi connectivity index (χ3n) is 7.90. The molecule has 6 rings (SSSR count). The van der Waals surface area contributed by atoms with Crippen LogP contribution in [-0.2, 0) is 4.79 Å². The Kier molecular flexibility index (Phi) is 6.10. The fourth-order valence-corrected chi connectivity index (χ4v) is 5.91. The summed E-state index contributed by atoms with van der Waals surface area (Å²) in [5.74, 6) is 6.32. The van der Waals surface area contributed by atoms with Crippen LogP contribution in [0.15, 0.2) is 29.5 Å². The number of rotatable bonds is 4. The normalized spacial score (nSPS) is 22.4. The Labute approximate surface area is 225 Å². The summed E-state index contributed by atoms with van der Waals surface area (Å²) < 4.78 is 1.51. The molecule has 0 aromatic carbocycles. The average Bonchev–Trinajstić information content (AvgIpc) is 3.60. The number of nitrogens with two attached hydrogens (primary N) is 2.